The fraction of sp³-hybridized carbons (Fsp3) is 1.00. The van der Waals surface area contributed by atoms with E-state index in [1.807, 2.05) is 0 Å². The van der Waals surface area contributed by atoms with Crippen molar-refractivity contribution in [2.75, 3.05) is 19.6 Å². The second-order valence-electron chi connectivity index (χ2n) is 5.25. The summed E-state index contributed by atoms with van der Waals surface area (Å²) in [5.74, 6) is 1.08. The lowest BCUT2D eigenvalue weighted by molar-refractivity contribution is -0.0947. The van der Waals surface area contributed by atoms with Crippen LogP contribution in [0.5, 0.6) is 0 Å². The van der Waals surface area contributed by atoms with Crippen molar-refractivity contribution in [3.8, 4) is 0 Å². The van der Waals surface area contributed by atoms with Crippen molar-refractivity contribution in [2.24, 2.45) is 11.3 Å². The molecule has 0 aromatic rings. The number of nitrogens with zero attached hydrogens (tertiary/aromatic N) is 1. The van der Waals surface area contributed by atoms with Crippen LogP contribution in [0.15, 0.2) is 0 Å². The van der Waals surface area contributed by atoms with Crippen LogP contribution in [-0.4, -0.2) is 24.5 Å². The van der Waals surface area contributed by atoms with Crippen LogP contribution in [0, 0.1) is 11.3 Å². The van der Waals surface area contributed by atoms with Crippen molar-refractivity contribution < 1.29 is 0 Å². The van der Waals surface area contributed by atoms with Crippen molar-refractivity contribution in [2.45, 2.75) is 46.0 Å². The van der Waals surface area contributed by atoms with Gasteiger partial charge in [0.05, 0.1) is 0 Å². The van der Waals surface area contributed by atoms with Gasteiger partial charge in [-0.1, -0.05) is 26.7 Å². The summed E-state index contributed by atoms with van der Waals surface area (Å²) in [6.07, 6.45) is 7.23. The maximum atomic E-state index is 2.65. The minimum Gasteiger partial charge on any atom is -0.302 e. The second kappa shape index (κ2) is 3.61. The predicted molar refractivity (Wildman–Crippen MR) is 56.8 cm³/mol. The monoisotopic (exact) mass is 181 g/mol. The molecule has 0 amide bonds. The van der Waals surface area contributed by atoms with E-state index in [1.165, 1.54) is 51.7 Å². The maximum absolute atomic E-state index is 2.65. The molecule has 1 spiro atoms. The van der Waals surface area contributed by atoms with E-state index in [2.05, 4.69) is 18.7 Å². The van der Waals surface area contributed by atoms with Crippen LogP contribution in [0.4, 0.5) is 0 Å². The van der Waals surface area contributed by atoms with Gasteiger partial charge >= 0.3 is 0 Å². The Balaban J connectivity index is 1.62. The van der Waals surface area contributed by atoms with Gasteiger partial charge in [-0.15, -0.1) is 0 Å². The molecule has 13 heavy (non-hydrogen) atoms. The first-order chi connectivity index (χ1) is 6.28. The minimum absolute atomic E-state index is 0.814. The van der Waals surface area contributed by atoms with Crippen LogP contribution < -0.4 is 0 Å². The van der Waals surface area contributed by atoms with E-state index in [9.17, 15) is 0 Å². The summed E-state index contributed by atoms with van der Waals surface area (Å²) in [4.78, 5) is 2.65. The van der Waals surface area contributed by atoms with Gasteiger partial charge in [-0.25, -0.2) is 0 Å². The zero-order valence-corrected chi connectivity index (χ0v) is 9.18. The number of hydrogen-bond acceptors (Lipinski definition) is 1. The molecule has 0 aromatic heterocycles. The highest BCUT2D eigenvalue weighted by Gasteiger charge is 2.50. The summed E-state index contributed by atoms with van der Waals surface area (Å²) in [5.41, 5.74) is 0.814. The van der Waals surface area contributed by atoms with Crippen molar-refractivity contribution in [3.05, 3.63) is 0 Å². The third kappa shape index (κ3) is 1.76. The molecule has 1 heteroatoms. The first-order valence-corrected chi connectivity index (χ1v) is 6.00. The SMILES string of the molecule is CCCCN1CC2(CC(CC)C2)C1. The van der Waals surface area contributed by atoms with Crippen LogP contribution in [-0.2, 0) is 0 Å². The van der Waals surface area contributed by atoms with E-state index in [1.54, 1.807) is 0 Å². The van der Waals surface area contributed by atoms with Gasteiger partial charge in [-0.05, 0) is 37.1 Å². The summed E-state index contributed by atoms with van der Waals surface area (Å²) in [6.45, 7) is 8.82. The molecule has 1 aliphatic carbocycles. The lowest BCUT2D eigenvalue weighted by Gasteiger charge is -2.59. The normalized spacial score (nSPS) is 27.2. The Bertz CT molecular complexity index is 162. The molecule has 0 radical (unpaired) electrons. The third-order valence-corrected chi connectivity index (χ3v) is 3.97. The topological polar surface area (TPSA) is 3.24 Å². The van der Waals surface area contributed by atoms with Crippen molar-refractivity contribution in [3.63, 3.8) is 0 Å². The van der Waals surface area contributed by atoms with E-state index in [0.29, 0.717) is 0 Å². The molecule has 1 aliphatic heterocycles. The van der Waals surface area contributed by atoms with Gasteiger partial charge in [0.15, 0.2) is 0 Å². The highest BCUT2D eigenvalue weighted by Crippen LogP contribution is 2.52. The zero-order valence-electron chi connectivity index (χ0n) is 9.18. The average molecular weight is 181 g/mol. The molecule has 0 N–H and O–H groups in total. The fourth-order valence-electron chi connectivity index (χ4n) is 3.15. The molecule has 1 saturated carbocycles. The van der Waals surface area contributed by atoms with Gasteiger partial charge in [0.1, 0.15) is 0 Å². The molecular formula is C12H23N. The lowest BCUT2D eigenvalue weighted by Crippen LogP contribution is -2.62. The predicted octanol–water partition coefficient (Wildman–Crippen LogP) is 2.91. The Hall–Kier alpha value is -0.0400. The average Bonchev–Trinajstić information content (AvgIpc) is 1.99. The molecule has 0 aromatic carbocycles. The summed E-state index contributed by atoms with van der Waals surface area (Å²) in [5, 5.41) is 0. The molecule has 2 rings (SSSR count). The van der Waals surface area contributed by atoms with Crippen LogP contribution in [0.2, 0.25) is 0 Å². The quantitative estimate of drug-likeness (QED) is 0.644. The smallest absolute Gasteiger partial charge is 0.00507 e. The summed E-state index contributed by atoms with van der Waals surface area (Å²) in [7, 11) is 0. The standard InChI is InChI=1S/C12H23N/c1-3-5-6-13-9-12(10-13)7-11(4-2)8-12/h11H,3-10H2,1-2H3. The second-order valence-corrected chi connectivity index (χ2v) is 5.25. The number of likely N-dealkylation sites (tertiary alicyclic amines) is 1. The number of unbranched alkanes of at least 4 members (excludes halogenated alkanes) is 1. The lowest BCUT2D eigenvalue weighted by atomic mass is 9.57. The van der Waals surface area contributed by atoms with E-state index in [0.717, 1.165) is 11.3 Å². The minimum atomic E-state index is 0.814. The molecule has 1 nitrogen and oxygen atoms in total. The molecule has 0 bridgehead atoms. The molecule has 1 saturated heterocycles. The molecule has 2 aliphatic rings. The van der Waals surface area contributed by atoms with E-state index < -0.39 is 0 Å². The van der Waals surface area contributed by atoms with Crippen LogP contribution in [0.3, 0.4) is 0 Å². The third-order valence-electron chi connectivity index (χ3n) is 3.97. The van der Waals surface area contributed by atoms with Gasteiger partial charge < -0.3 is 4.90 Å². The first kappa shape index (κ1) is 9.51. The Morgan fingerprint density at radius 1 is 1.23 bits per heavy atom. The van der Waals surface area contributed by atoms with E-state index in [4.69, 9.17) is 0 Å². The molecule has 76 valence electrons. The molecule has 0 atom stereocenters. The number of rotatable bonds is 4. The first-order valence-electron chi connectivity index (χ1n) is 6.00. The molecule has 1 heterocycles. The summed E-state index contributed by atoms with van der Waals surface area (Å²) >= 11 is 0. The summed E-state index contributed by atoms with van der Waals surface area (Å²) in [6, 6.07) is 0. The van der Waals surface area contributed by atoms with Gasteiger partial charge in [-0.2, -0.15) is 0 Å². The van der Waals surface area contributed by atoms with Gasteiger partial charge in [0, 0.05) is 13.1 Å². The Morgan fingerprint density at radius 3 is 2.46 bits per heavy atom. The van der Waals surface area contributed by atoms with Gasteiger partial charge in [0.25, 0.3) is 0 Å². The Kier molecular flexibility index (Phi) is 2.64. The fourth-order valence-corrected chi connectivity index (χ4v) is 3.15. The molecule has 0 unspecified atom stereocenters. The largest absolute Gasteiger partial charge is 0.302 e. The molecular weight excluding hydrogens is 158 g/mol. The maximum Gasteiger partial charge on any atom is 0.00507 e. The van der Waals surface area contributed by atoms with Crippen LogP contribution in [0.1, 0.15) is 46.0 Å². The molecule has 2 fully saturated rings. The Morgan fingerprint density at radius 2 is 1.92 bits per heavy atom. The van der Waals surface area contributed by atoms with Crippen molar-refractivity contribution in [1.82, 2.24) is 4.90 Å². The van der Waals surface area contributed by atoms with Crippen LogP contribution >= 0.6 is 0 Å². The van der Waals surface area contributed by atoms with E-state index in [-0.39, 0.29) is 0 Å². The summed E-state index contributed by atoms with van der Waals surface area (Å²) < 4.78 is 0. The van der Waals surface area contributed by atoms with Crippen LogP contribution in [0.25, 0.3) is 0 Å². The number of hydrogen-bond donors (Lipinski definition) is 0. The zero-order chi connectivity index (χ0) is 9.31. The van der Waals surface area contributed by atoms with Crippen molar-refractivity contribution >= 4 is 0 Å². The van der Waals surface area contributed by atoms with E-state index >= 15 is 0 Å². The van der Waals surface area contributed by atoms with Crippen molar-refractivity contribution in [1.29, 1.82) is 0 Å². The highest BCUT2D eigenvalue weighted by molar-refractivity contribution is 5.03. The Labute approximate surface area is 82.5 Å². The highest BCUT2D eigenvalue weighted by atomic mass is 15.2. The van der Waals surface area contributed by atoms with Gasteiger partial charge in [0.2, 0.25) is 0 Å². The van der Waals surface area contributed by atoms with Gasteiger partial charge in [-0.3, -0.25) is 0 Å².